The van der Waals surface area contributed by atoms with Crippen molar-refractivity contribution in [3.63, 3.8) is 0 Å². The van der Waals surface area contributed by atoms with Crippen LogP contribution in [0.2, 0.25) is 0 Å². The molecule has 1 aromatic rings. The van der Waals surface area contributed by atoms with Crippen LogP contribution in [-0.4, -0.2) is 49.0 Å². The first-order chi connectivity index (χ1) is 11.8. The highest BCUT2D eigenvalue weighted by molar-refractivity contribution is 5.90. The molecular weight excluding hydrogens is 319 g/mol. The smallest absolute Gasteiger partial charge is 0.263 e. The molecule has 1 N–H and O–H groups in total. The number of carbonyl (C=O) groups excluding carboxylic acids is 1. The molecule has 1 saturated carbocycles. The Balaban J connectivity index is 1.85. The van der Waals surface area contributed by atoms with Crippen LogP contribution in [0.15, 0.2) is 35.2 Å². The van der Waals surface area contributed by atoms with E-state index in [1.54, 1.807) is 6.08 Å². The normalized spacial score (nSPS) is 19.6. The van der Waals surface area contributed by atoms with Gasteiger partial charge in [-0.2, -0.15) is 0 Å². The van der Waals surface area contributed by atoms with Gasteiger partial charge in [-0.25, -0.2) is 14.4 Å². The van der Waals surface area contributed by atoms with E-state index in [1.807, 2.05) is 38.2 Å². The molecule has 0 bridgehead atoms. The van der Waals surface area contributed by atoms with Gasteiger partial charge >= 0.3 is 0 Å². The second kappa shape index (κ2) is 6.44. The molecule has 5 nitrogen and oxygen atoms in total. The number of hydrazine groups is 1. The number of alkyl halides is 1. The van der Waals surface area contributed by atoms with Gasteiger partial charge in [0.2, 0.25) is 0 Å². The van der Waals surface area contributed by atoms with Crippen molar-refractivity contribution in [2.24, 2.45) is 4.99 Å². The maximum Gasteiger partial charge on any atom is 0.263 e. The summed E-state index contributed by atoms with van der Waals surface area (Å²) in [6, 6.07) is 6.15. The van der Waals surface area contributed by atoms with E-state index in [1.165, 1.54) is 5.57 Å². The van der Waals surface area contributed by atoms with Gasteiger partial charge in [-0.15, -0.1) is 0 Å². The molecule has 0 radical (unpaired) electrons. The second-order valence-corrected chi connectivity index (χ2v) is 6.72. The number of hydrogen-bond donors (Lipinski definition) is 1. The van der Waals surface area contributed by atoms with Crippen LogP contribution < -0.4 is 5.32 Å². The SMILES string of the molecule is C=N/C(=C\c1cc(C2=CN(C)N(C)C2)ccc1C)NC(=O)C1(F)CC1. The van der Waals surface area contributed by atoms with Gasteiger partial charge in [-0.1, -0.05) is 12.1 Å². The van der Waals surface area contributed by atoms with Crippen LogP contribution in [0.5, 0.6) is 0 Å². The van der Waals surface area contributed by atoms with Crippen molar-refractivity contribution < 1.29 is 9.18 Å². The number of rotatable bonds is 5. The predicted molar refractivity (Wildman–Crippen MR) is 98.3 cm³/mol. The highest BCUT2D eigenvalue weighted by Gasteiger charge is 2.51. The number of aliphatic imine (C=N–C) groups is 1. The molecule has 0 saturated heterocycles. The number of nitrogens with one attached hydrogen (secondary N) is 1. The van der Waals surface area contributed by atoms with Gasteiger partial charge < -0.3 is 10.3 Å². The predicted octanol–water partition coefficient (Wildman–Crippen LogP) is 2.75. The maximum absolute atomic E-state index is 13.8. The first kappa shape index (κ1) is 17.4. The Hall–Kier alpha value is -2.47. The Bertz CT molecular complexity index is 780. The van der Waals surface area contributed by atoms with E-state index >= 15 is 0 Å². The van der Waals surface area contributed by atoms with Crippen LogP contribution >= 0.6 is 0 Å². The molecule has 0 unspecified atom stereocenters. The van der Waals surface area contributed by atoms with E-state index in [0.717, 1.165) is 23.2 Å². The van der Waals surface area contributed by atoms with Crippen molar-refractivity contribution in [1.82, 2.24) is 15.3 Å². The molecule has 1 heterocycles. The number of benzene rings is 1. The quantitative estimate of drug-likeness (QED) is 0.837. The van der Waals surface area contributed by atoms with Crippen LogP contribution in [0.1, 0.15) is 29.5 Å². The van der Waals surface area contributed by atoms with Gasteiger partial charge in [0.05, 0.1) is 0 Å². The lowest BCUT2D eigenvalue weighted by Gasteiger charge is -2.18. The highest BCUT2D eigenvalue weighted by Crippen LogP contribution is 2.40. The van der Waals surface area contributed by atoms with E-state index in [9.17, 15) is 9.18 Å². The molecule has 1 fully saturated rings. The number of aryl methyl sites for hydroxylation is 1. The summed E-state index contributed by atoms with van der Waals surface area (Å²) in [6.45, 7) is 6.29. The largest absolute Gasteiger partial charge is 0.316 e. The van der Waals surface area contributed by atoms with Gasteiger partial charge in [0.1, 0.15) is 5.82 Å². The molecule has 3 rings (SSSR count). The third kappa shape index (κ3) is 3.64. The lowest BCUT2D eigenvalue weighted by atomic mass is 10.00. The Labute approximate surface area is 147 Å². The molecule has 1 aromatic carbocycles. The fraction of sp³-hybridized carbons (Fsp3) is 0.368. The zero-order valence-corrected chi connectivity index (χ0v) is 14.8. The molecule has 1 aliphatic carbocycles. The molecule has 2 aliphatic rings. The van der Waals surface area contributed by atoms with Gasteiger partial charge in [-0.3, -0.25) is 4.79 Å². The topological polar surface area (TPSA) is 47.9 Å². The zero-order chi connectivity index (χ0) is 18.2. The minimum Gasteiger partial charge on any atom is -0.316 e. The fourth-order valence-corrected chi connectivity index (χ4v) is 2.72. The number of amides is 1. The summed E-state index contributed by atoms with van der Waals surface area (Å²) >= 11 is 0. The lowest BCUT2D eigenvalue weighted by molar-refractivity contribution is -0.126. The molecule has 0 atom stereocenters. The summed E-state index contributed by atoms with van der Waals surface area (Å²) in [5.74, 6) is -0.370. The highest BCUT2D eigenvalue weighted by atomic mass is 19.1. The van der Waals surface area contributed by atoms with Crippen molar-refractivity contribution in [2.75, 3.05) is 20.6 Å². The first-order valence-electron chi connectivity index (χ1n) is 8.27. The van der Waals surface area contributed by atoms with E-state index in [0.29, 0.717) is 0 Å². The summed E-state index contributed by atoms with van der Waals surface area (Å²) < 4.78 is 13.8. The Kier molecular flexibility index (Phi) is 4.47. The fourth-order valence-electron chi connectivity index (χ4n) is 2.72. The molecular formula is C19H23FN4O. The number of nitrogens with zero attached hydrogens (tertiary/aromatic N) is 3. The third-order valence-corrected chi connectivity index (χ3v) is 4.73. The van der Waals surface area contributed by atoms with E-state index < -0.39 is 11.6 Å². The summed E-state index contributed by atoms with van der Waals surface area (Å²) in [5, 5.41) is 6.68. The van der Waals surface area contributed by atoms with Gasteiger partial charge in [0.25, 0.3) is 5.91 Å². The van der Waals surface area contributed by atoms with Crippen LogP contribution in [-0.2, 0) is 4.79 Å². The summed E-state index contributed by atoms with van der Waals surface area (Å²) in [6.07, 6.45) is 4.37. The molecule has 6 heteroatoms. The molecule has 25 heavy (non-hydrogen) atoms. The zero-order valence-electron chi connectivity index (χ0n) is 14.8. The molecule has 0 aromatic heterocycles. The number of hydrogen-bond acceptors (Lipinski definition) is 4. The second-order valence-electron chi connectivity index (χ2n) is 6.72. The third-order valence-electron chi connectivity index (χ3n) is 4.73. The number of likely N-dealkylation sites (N-methyl/N-ethyl adjacent to an activating group) is 1. The van der Waals surface area contributed by atoms with Crippen molar-refractivity contribution in [1.29, 1.82) is 0 Å². The van der Waals surface area contributed by atoms with Crippen LogP contribution in [0.4, 0.5) is 4.39 Å². The van der Waals surface area contributed by atoms with Gasteiger partial charge in [-0.05, 0) is 60.9 Å². The number of halogens is 1. The van der Waals surface area contributed by atoms with Crippen molar-refractivity contribution in [3.05, 3.63) is 46.9 Å². The molecule has 1 aliphatic heterocycles. The Morgan fingerprint density at radius 1 is 1.40 bits per heavy atom. The molecule has 132 valence electrons. The van der Waals surface area contributed by atoms with E-state index in [4.69, 9.17) is 0 Å². The van der Waals surface area contributed by atoms with Crippen LogP contribution in [0, 0.1) is 6.92 Å². The standard InChI is InChI=1S/C19H23FN4O/c1-13-5-6-14(16-11-23(3)24(4)12-16)9-15(13)10-17(21-2)22-18(25)19(20)7-8-19/h5-6,9-11H,2,7-8,12H2,1,3-4H3,(H,22,25)/b17-10+. The minimum atomic E-state index is -1.73. The summed E-state index contributed by atoms with van der Waals surface area (Å²) in [4.78, 5) is 15.7. The minimum absolute atomic E-state index is 0.267. The maximum atomic E-state index is 13.8. The van der Waals surface area contributed by atoms with E-state index in [-0.39, 0.29) is 18.7 Å². The van der Waals surface area contributed by atoms with E-state index in [2.05, 4.69) is 34.3 Å². The van der Waals surface area contributed by atoms with Crippen LogP contribution in [0.3, 0.4) is 0 Å². The monoisotopic (exact) mass is 342 g/mol. The lowest BCUT2D eigenvalue weighted by Crippen LogP contribution is -2.32. The van der Waals surface area contributed by atoms with Crippen LogP contribution in [0.25, 0.3) is 11.6 Å². The van der Waals surface area contributed by atoms with Crippen molar-refractivity contribution in [2.45, 2.75) is 25.4 Å². The Morgan fingerprint density at radius 3 is 2.68 bits per heavy atom. The molecule has 1 amide bonds. The van der Waals surface area contributed by atoms with Crippen molar-refractivity contribution >= 4 is 24.3 Å². The molecule has 0 spiro atoms. The Morgan fingerprint density at radius 2 is 2.12 bits per heavy atom. The van der Waals surface area contributed by atoms with Crippen molar-refractivity contribution in [3.8, 4) is 0 Å². The number of carbonyl (C=O) groups is 1. The average molecular weight is 342 g/mol. The summed E-state index contributed by atoms with van der Waals surface area (Å²) in [7, 11) is 4.03. The van der Waals surface area contributed by atoms with Gasteiger partial charge in [0.15, 0.2) is 5.67 Å². The summed E-state index contributed by atoms with van der Waals surface area (Å²) in [5.41, 5.74) is 2.54. The average Bonchev–Trinajstić information content (AvgIpc) is 3.25. The van der Waals surface area contributed by atoms with Gasteiger partial charge in [0, 0.05) is 26.8 Å². The first-order valence-corrected chi connectivity index (χ1v) is 8.27.